The molecule has 0 aromatic heterocycles. The molecule has 0 aliphatic carbocycles. The monoisotopic (exact) mass is 2060 g/mol. The van der Waals surface area contributed by atoms with E-state index in [9.17, 15) is 101 Å². The van der Waals surface area contributed by atoms with Crippen LogP contribution in [-0.4, -0.2) is 317 Å². The van der Waals surface area contributed by atoms with Crippen molar-refractivity contribution in [3.05, 3.63) is 5.73 Å². The van der Waals surface area contributed by atoms with E-state index >= 15 is 0 Å². The Morgan fingerprint density at radius 3 is 0.556 bits per heavy atom. The standard InChI is InChI=1S/C32H59N5O6.C28H52N6O6.C21H38N6O6.C11H20N2O3.W/c1-4-27(38)18-12-6-5-7-13-19-28(39)24-37(25-31(42)35-22-16-10-8-14-20-29(40)33-2)26-32(43)36-23-17-11-9-15-21-30(41)34-3;1-29-24(36)15-9-5-4-8-14-23(35)20-34(21-27(39)32-18-12-6-10-16-25(37)30-2)22-28(40)33-19-13-7-11-17-26(38)31-3;1-23-18(30)9-5-11-25-20(32)14-27(13-16(28)7-3-4-8-17(22)29)15-21(33)26-12-6-10-19(31)24-2;1-4-9(14)6-13(7-10(15)5-2)8-11(16)12-3;/h4-26H2,1-3H3,(H,33,40)(H,34,41)(H,35,42)(H,36,43);4-22H2,1-3H3,(H,29,36)(H,30,37)(H,31,38)(H,32,39)(H,33,40);3-15H2,1-2H3,(H6,22,23,24,25,26,29,30,31,32,33);4-8H2,1-3H3,(H,12,16);/p-1. The van der Waals surface area contributed by atoms with E-state index in [1.807, 2.05) is 6.92 Å². The van der Waals surface area contributed by atoms with Crippen LogP contribution in [0, 0.1) is 0 Å². The Morgan fingerprint density at radius 1 is 0.173 bits per heavy atom. The molecule has 41 heteroatoms. The number of likely N-dealkylation sites (N-methyl/N-ethyl adjacent to an activating group) is 1. The first-order chi connectivity index (χ1) is 63.1. The molecule has 15 N–H and O–H groups in total. The quantitative estimate of drug-likeness (QED) is 0.0389. The molecule has 0 unspecified atom stereocenters. The second-order valence-corrected chi connectivity index (χ2v) is 32.3. The van der Waals surface area contributed by atoms with Gasteiger partial charge >= 0.3 is 0 Å². The maximum Gasteiger partial charge on any atom is 0.234 e. The molecule has 0 rings (SSSR count). The number of nitrogens with one attached hydrogen (secondary N) is 15. The van der Waals surface area contributed by atoms with Gasteiger partial charge in [-0.3, -0.25) is 115 Å². The summed E-state index contributed by atoms with van der Waals surface area (Å²) in [6.07, 6.45) is 27.0. The molecule has 0 saturated heterocycles. The summed E-state index contributed by atoms with van der Waals surface area (Å²) >= 11 is 0. The van der Waals surface area contributed by atoms with Crippen molar-refractivity contribution in [3.63, 3.8) is 0 Å². The molecule has 0 radical (unpaired) electrons. The molecule has 15 amide bonds. The predicted molar refractivity (Wildman–Crippen MR) is 507 cm³/mol. The third kappa shape index (κ3) is 92.8. The zero-order valence-electron chi connectivity index (χ0n) is 82.2. The van der Waals surface area contributed by atoms with Crippen LogP contribution in [0.3, 0.4) is 0 Å². The Labute approximate surface area is 805 Å². The molecule has 0 atom stereocenters. The number of nitrogens with zero attached hydrogens (tertiary/aromatic N) is 4. The summed E-state index contributed by atoms with van der Waals surface area (Å²) in [5.74, 6) is -2.57. The normalized spacial score (nSPS) is 10.5. The average Bonchev–Trinajstić information content (AvgIpc) is 0.794. The second-order valence-electron chi connectivity index (χ2n) is 32.3. The fraction of sp³-hybridized carbons (Fsp3) is 0.772. The number of amides is 15. The Bertz CT molecular complexity index is 3070. The van der Waals surface area contributed by atoms with Crippen LogP contribution in [0.2, 0.25) is 0 Å². The predicted octanol–water partition coefficient (Wildman–Crippen LogP) is 3.25. The molecule has 0 fully saturated rings. The largest absolute Gasteiger partial charge is 0.668 e. The van der Waals surface area contributed by atoms with Crippen LogP contribution in [0.25, 0.3) is 5.73 Å². The molecule has 0 saturated carbocycles. The van der Waals surface area contributed by atoms with Crippen LogP contribution < -0.4 is 74.4 Å². The van der Waals surface area contributed by atoms with Crippen molar-refractivity contribution >= 4 is 123 Å². The van der Waals surface area contributed by atoms with E-state index in [-0.39, 0.29) is 237 Å². The van der Waals surface area contributed by atoms with Gasteiger partial charge in [0.15, 0.2) is 0 Å². The van der Waals surface area contributed by atoms with E-state index in [4.69, 9.17) is 5.73 Å². The van der Waals surface area contributed by atoms with Crippen molar-refractivity contribution in [1.29, 1.82) is 0 Å². The number of unbranched alkanes of at least 4 members (excludes halogenated alkanes) is 18. The molecule has 0 bridgehead atoms. The van der Waals surface area contributed by atoms with Gasteiger partial charge in [-0.1, -0.05) is 91.4 Å². The summed E-state index contributed by atoms with van der Waals surface area (Å²) in [4.78, 5) is 253. The van der Waals surface area contributed by atoms with Gasteiger partial charge in [0, 0.05) is 213 Å². The average molecular weight is 2060 g/mol. The SMILES string of the molecule is CCC(=O)CCCCCCCC(=O)CN(CC(=O)NCCCCCCC(=O)NC)CC(=O)NCCCCCCC(=O)NC.CCC(=O)CN(CC(=O)CC)CC(=O)NC.CNC(=O)CCCCCCC(=O)CN(CC(=O)NCCCCCC(=O)NC)CC(=O)NCCCCCC(=O)NC.CNC(=O)CCCNC(=O)CN(CC(=O)CCCCC([NH-])=O)CC(=O)NCCCC(=O)NC.[W]. The number of ketones is 6. The third-order valence-corrected chi connectivity index (χ3v) is 20.5. The number of carbonyl (C=O) groups excluding carboxylic acids is 21. The molecule has 764 valence electrons. The van der Waals surface area contributed by atoms with Gasteiger partial charge in [-0.05, 0) is 109 Å². The van der Waals surface area contributed by atoms with Crippen LogP contribution in [-0.2, 0) is 122 Å². The van der Waals surface area contributed by atoms with E-state index in [0.717, 1.165) is 141 Å². The zero-order chi connectivity index (χ0) is 99.8. The van der Waals surface area contributed by atoms with E-state index < -0.39 is 5.91 Å². The van der Waals surface area contributed by atoms with E-state index in [1.165, 1.54) is 26.0 Å². The molecule has 40 nitrogen and oxygen atoms in total. The maximum absolute atomic E-state index is 12.7. The minimum Gasteiger partial charge on any atom is -0.668 e. The topological polar surface area (TPSA) is 564 Å². The number of hydrogen-bond acceptors (Lipinski definition) is 25. The minimum atomic E-state index is -0.676. The minimum absolute atomic E-state index is 0. The molecule has 0 aliphatic rings. The number of rotatable bonds is 81. The first-order valence-corrected chi connectivity index (χ1v) is 47.6. The smallest absolute Gasteiger partial charge is 0.234 e. The van der Waals surface area contributed by atoms with Gasteiger partial charge < -0.3 is 85.0 Å². The van der Waals surface area contributed by atoms with Crippen LogP contribution >= 0.6 is 0 Å². The number of Topliss-reactive ketones (excluding diaryl/α,β-unsaturated/α-hetero) is 6. The van der Waals surface area contributed by atoms with Gasteiger partial charge in [0.1, 0.15) is 34.7 Å². The summed E-state index contributed by atoms with van der Waals surface area (Å²) in [6.45, 7) is 7.81. The van der Waals surface area contributed by atoms with Gasteiger partial charge in [0.2, 0.25) is 82.7 Å². The van der Waals surface area contributed by atoms with Gasteiger partial charge in [-0.25, -0.2) is 0 Å². The van der Waals surface area contributed by atoms with E-state index in [2.05, 4.69) is 74.4 Å². The van der Waals surface area contributed by atoms with Crippen molar-refractivity contribution in [1.82, 2.24) is 94.0 Å². The van der Waals surface area contributed by atoms with Crippen LogP contribution in [0.15, 0.2) is 0 Å². The molecule has 0 spiro atoms. The van der Waals surface area contributed by atoms with Crippen molar-refractivity contribution < 1.29 is 122 Å². The Morgan fingerprint density at radius 2 is 0.331 bits per heavy atom. The maximum atomic E-state index is 12.7. The summed E-state index contributed by atoms with van der Waals surface area (Å²) in [7, 11) is 12.7. The Hall–Kier alpha value is -9.40. The fourth-order valence-electron chi connectivity index (χ4n) is 12.6. The van der Waals surface area contributed by atoms with Crippen LogP contribution in [0.4, 0.5) is 0 Å². The molecular formula is C92H168N19O21W-. The van der Waals surface area contributed by atoms with E-state index in [0.29, 0.717) is 148 Å². The van der Waals surface area contributed by atoms with E-state index in [1.54, 1.807) is 63.8 Å². The number of hydrogen-bond donors (Lipinski definition) is 14. The first-order valence-electron chi connectivity index (χ1n) is 47.6. The molecular weight excluding hydrogens is 1890 g/mol. The summed E-state index contributed by atoms with van der Waals surface area (Å²) in [5, 5.41) is 37.2. The van der Waals surface area contributed by atoms with Crippen molar-refractivity contribution in [2.75, 3.05) is 174 Å². The van der Waals surface area contributed by atoms with Gasteiger partial charge in [-0.15, -0.1) is 0 Å². The molecule has 0 aromatic carbocycles. The summed E-state index contributed by atoms with van der Waals surface area (Å²) < 4.78 is 0. The van der Waals surface area contributed by atoms with Crippen LogP contribution in [0.1, 0.15) is 290 Å². The van der Waals surface area contributed by atoms with Gasteiger partial charge in [0.05, 0.1) is 78.5 Å². The first kappa shape index (κ1) is 132. The Balaban J connectivity index is -0.000000569. The summed E-state index contributed by atoms with van der Waals surface area (Å²) in [5.41, 5.74) is 6.87. The second kappa shape index (κ2) is 93.0. The molecule has 0 aromatic rings. The molecule has 133 heavy (non-hydrogen) atoms. The van der Waals surface area contributed by atoms with Crippen molar-refractivity contribution in [2.24, 2.45) is 0 Å². The van der Waals surface area contributed by atoms with Gasteiger partial charge in [0.25, 0.3) is 0 Å². The van der Waals surface area contributed by atoms with Gasteiger partial charge in [-0.2, -0.15) is 0 Å². The van der Waals surface area contributed by atoms with Crippen molar-refractivity contribution in [3.8, 4) is 0 Å². The van der Waals surface area contributed by atoms with Crippen LogP contribution in [0.5, 0.6) is 0 Å². The zero-order valence-corrected chi connectivity index (χ0v) is 85.1. The number of carbonyl (C=O) groups is 21. The Kier molecular flexibility index (Phi) is 92.4. The molecule has 0 heterocycles. The third-order valence-electron chi connectivity index (χ3n) is 20.5. The molecule has 0 aliphatic heterocycles. The summed E-state index contributed by atoms with van der Waals surface area (Å²) in [6, 6.07) is 0. The fourth-order valence-corrected chi connectivity index (χ4v) is 12.6. The van der Waals surface area contributed by atoms with Crippen molar-refractivity contribution in [2.45, 2.75) is 290 Å².